The summed E-state index contributed by atoms with van der Waals surface area (Å²) < 4.78 is 26.9. The van der Waals surface area contributed by atoms with Crippen LogP contribution >= 0.6 is 0 Å². The topological polar surface area (TPSA) is 81.1 Å². The van der Waals surface area contributed by atoms with Gasteiger partial charge in [-0.15, -0.1) is 0 Å². The molecule has 1 aromatic rings. The molecule has 0 aliphatic carbocycles. The zero-order valence-corrected chi connectivity index (χ0v) is 9.58. The third kappa shape index (κ3) is 2.87. The van der Waals surface area contributed by atoms with Gasteiger partial charge in [0.2, 0.25) is 10.0 Å². The van der Waals surface area contributed by atoms with Gasteiger partial charge >= 0.3 is 0 Å². The van der Waals surface area contributed by atoms with E-state index in [1.165, 1.54) is 30.9 Å². The Balaban J connectivity index is 2.90. The Morgan fingerprint density at radius 1 is 1.60 bits per heavy atom. The van der Waals surface area contributed by atoms with Gasteiger partial charge in [-0.1, -0.05) is 0 Å². The van der Waals surface area contributed by atoms with Gasteiger partial charge in [0.25, 0.3) is 0 Å². The van der Waals surface area contributed by atoms with Crippen molar-refractivity contribution in [3.63, 3.8) is 0 Å². The average molecular weight is 231 g/mol. The highest BCUT2D eigenvalue weighted by molar-refractivity contribution is 7.89. The van der Waals surface area contributed by atoms with E-state index < -0.39 is 16.1 Å². The predicted molar refractivity (Wildman–Crippen MR) is 53.7 cm³/mol. The first-order valence-electron chi connectivity index (χ1n) is 4.34. The minimum atomic E-state index is -3.64. The third-order valence-corrected chi connectivity index (χ3v) is 3.43. The smallest absolute Gasteiger partial charge is 0.244 e. The molecule has 0 amide bonds. The molecule has 0 aromatic carbocycles. The molecule has 7 heteroatoms. The number of rotatable bonds is 4. The molecule has 0 aliphatic rings. The van der Waals surface area contributed by atoms with E-state index in [2.05, 4.69) is 9.82 Å². The Hall–Kier alpha value is -1.21. The summed E-state index contributed by atoms with van der Waals surface area (Å²) in [6.45, 7) is 2.83. The number of ketones is 1. The lowest BCUT2D eigenvalue weighted by Gasteiger charge is -2.09. The van der Waals surface area contributed by atoms with E-state index in [9.17, 15) is 13.2 Å². The van der Waals surface area contributed by atoms with Gasteiger partial charge in [-0.25, -0.2) is 13.1 Å². The monoisotopic (exact) mass is 231 g/mol. The summed E-state index contributed by atoms with van der Waals surface area (Å²) in [5.41, 5.74) is 0. The summed E-state index contributed by atoms with van der Waals surface area (Å²) in [5.74, 6) is -0.234. The van der Waals surface area contributed by atoms with Crippen LogP contribution in [-0.4, -0.2) is 30.0 Å². The van der Waals surface area contributed by atoms with Crippen LogP contribution in [0.4, 0.5) is 0 Å². The molecule has 0 fully saturated rings. The third-order valence-electron chi connectivity index (χ3n) is 1.93. The van der Waals surface area contributed by atoms with Gasteiger partial charge in [0, 0.05) is 13.2 Å². The van der Waals surface area contributed by atoms with Crippen LogP contribution < -0.4 is 4.72 Å². The first-order chi connectivity index (χ1) is 6.83. The lowest BCUT2D eigenvalue weighted by Crippen LogP contribution is -2.37. The number of hydrogen-bond donors (Lipinski definition) is 1. The van der Waals surface area contributed by atoms with Crippen molar-refractivity contribution in [1.29, 1.82) is 0 Å². The van der Waals surface area contributed by atoms with Crippen molar-refractivity contribution in [3.8, 4) is 0 Å². The number of Topliss-reactive ketones (excluding diaryl/α,β-unsaturated/α-hetero) is 1. The zero-order valence-electron chi connectivity index (χ0n) is 8.76. The van der Waals surface area contributed by atoms with E-state index in [0.29, 0.717) is 0 Å². The normalized spacial score (nSPS) is 13.8. The Labute approximate surface area is 88.3 Å². The van der Waals surface area contributed by atoms with Gasteiger partial charge in [-0.2, -0.15) is 5.10 Å². The second-order valence-electron chi connectivity index (χ2n) is 3.30. The molecule has 0 aliphatic heterocycles. The van der Waals surface area contributed by atoms with Gasteiger partial charge in [-0.05, 0) is 13.8 Å². The van der Waals surface area contributed by atoms with Gasteiger partial charge in [0.15, 0.2) is 0 Å². The number of hydrogen-bond acceptors (Lipinski definition) is 4. The van der Waals surface area contributed by atoms with Crippen LogP contribution in [-0.2, 0) is 21.9 Å². The van der Waals surface area contributed by atoms with Crippen molar-refractivity contribution in [2.45, 2.75) is 24.8 Å². The first kappa shape index (κ1) is 11.9. The van der Waals surface area contributed by atoms with Gasteiger partial charge in [-0.3, -0.25) is 9.48 Å². The molecule has 1 unspecified atom stereocenters. The fourth-order valence-electron chi connectivity index (χ4n) is 0.921. The molecular weight excluding hydrogens is 218 g/mol. The molecule has 0 bridgehead atoms. The number of nitrogens with zero attached hydrogens (tertiary/aromatic N) is 2. The quantitative estimate of drug-likeness (QED) is 0.769. The van der Waals surface area contributed by atoms with E-state index in [4.69, 9.17) is 0 Å². The van der Waals surface area contributed by atoms with Gasteiger partial charge in [0.1, 0.15) is 10.7 Å². The fourth-order valence-corrected chi connectivity index (χ4v) is 2.17. The van der Waals surface area contributed by atoms with E-state index in [1.807, 2.05) is 0 Å². The van der Waals surface area contributed by atoms with Crippen LogP contribution in [0.2, 0.25) is 0 Å². The van der Waals surface area contributed by atoms with Crippen LogP contribution in [0.15, 0.2) is 17.3 Å². The summed E-state index contributed by atoms with van der Waals surface area (Å²) >= 11 is 0. The Morgan fingerprint density at radius 3 is 2.60 bits per heavy atom. The minimum absolute atomic E-state index is 0.0538. The van der Waals surface area contributed by atoms with Crippen LogP contribution in [0.25, 0.3) is 0 Å². The maximum atomic E-state index is 11.6. The van der Waals surface area contributed by atoms with Gasteiger partial charge in [0.05, 0.1) is 12.2 Å². The molecule has 0 saturated heterocycles. The molecular formula is C8H13N3O3S. The molecule has 1 N–H and O–H groups in total. The second-order valence-corrected chi connectivity index (χ2v) is 5.02. The summed E-state index contributed by atoms with van der Waals surface area (Å²) in [5, 5.41) is 3.75. The minimum Gasteiger partial charge on any atom is -0.298 e. The Bertz CT molecular complexity index is 463. The Morgan fingerprint density at radius 2 is 2.20 bits per heavy atom. The van der Waals surface area contributed by atoms with Crippen molar-refractivity contribution in [2.75, 3.05) is 0 Å². The lowest BCUT2D eigenvalue weighted by atomic mass is 10.3. The number of aromatic nitrogens is 2. The summed E-state index contributed by atoms with van der Waals surface area (Å²) in [6, 6.07) is -0.727. The van der Waals surface area contributed by atoms with E-state index in [1.54, 1.807) is 7.05 Å². The maximum Gasteiger partial charge on any atom is 0.244 e. The number of carbonyl (C=O) groups is 1. The highest BCUT2D eigenvalue weighted by Gasteiger charge is 2.20. The van der Waals surface area contributed by atoms with Crippen molar-refractivity contribution < 1.29 is 13.2 Å². The molecule has 84 valence electrons. The molecule has 1 heterocycles. The summed E-state index contributed by atoms with van der Waals surface area (Å²) in [4.78, 5) is 11.0. The number of carbonyl (C=O) groups excluding carboxylic acids is 1. The molecule has 0 spiro atoms. The second kappa shape index (κ2) is 4.11. The maximum absolute atomic E-state index is 11.6. The molecule has 15 heavy (non-hydrogen) atoms. The van der Waals surface area contributed by atoms with Crippen LogP contribution in [0.1, 0.15) is 13.8 Å². The molecule has 0 radical (unpaired) electrons. The number of aryl methyl sites for hydroxylation is 1. The first-order valence-corrected chi connectivity index (χ1v) is 5.82. The number of sulfonamides is 1. The fraction of sp³-hybridized carbons (Fsp3) is 0.500. The molecule has 1 atom stereocenters. The van der Waals surface area contributed by atoms with Gasteiger partial charge < -0.3 is 0 Å². The molecule has 6 nitrogen and oxygen atoms in total. The van der Waals surface area contributed by atoms with Crippen molar-refractivity contribution >= 4 is 15.8 Å². The van der Waals surface area contributed by atoms with E-state index >= 15 is 0 Å². The number of nitrogens with one attached hydrogen (secondary N) is 1. The van der Waals surface area contributed by atoms with E-state index in [0.717, 1.165) is 0 Å². The van der Waals surface area contributed by atoms with E-state index in [-0.39, 0.29) is 10.7 Å². The lowest BCUT2D eigenvalue weighted by molar-refractivity contribution is -0.118. The predicted octanol–water partition coefficient (Wildman–Crippen LogP) is -0.324. The zero-order chi connectivity index (χ0) is 11.6. The molecule has 0 saturated carbocycles. The Kier molecular flexibility index (Phi) is 3.25. The van der Waals surface area contributed by atoms with Crippen LogP contribution in [0.5, 0.6) is 0 Å². The highest BCUT2D eigenvalue weighted by atomic mass is 32.2. The van der Waals surface area contributed by atoms with Crippen molar-refractivity contribution in [1.82, 2.24) is 14.5 Å². The SMILES string of the molecule is CC(=O)C(C)NS(=O)(=O)c1cnn(C)c1. The van der Waals surface area contributed by atoms with Crippen molar-refractivity contribution in [2.24, 2.45) is 7.05 Å². The highest BCUT2D eigenvalue weighted by Crippen LogP contribution is 2.06. The molecule has 1 rings (SSSR count). The average Bonchev–Trinajstić information content (AvgIpc) is 2.51. The van der Waals surface area contributed by atoms with Crippen LogP contribution in [0.3, 0.4) is 0 Å². The standard InChI is InChI=1S/C8H13N3O3S/c1-6(7(2)12)10-15(13,14)8-4-9-11(3)5-8/h4-6,10H,1-3H3. The summed E-state index contributed by atoms with van der Waals surface area (Å²) in [7, 11) is -2.02. The largest absolute Gasteiger partial charge is 0.298 e. The van der Waals surface area contributed by atoms with Crippen LogP contribution in [0, 0.1) is 0 Å². The van der Waals surface area contributed by atoms with Crippen molar-refractivity contribution in [3.05, 3.63) is 12.4 Å². The summed E-state index contributed by atoms with van der Waals surface area (Å²) in [6.07, 6.45) is 2.60. The molecule has 1 aromatic heterocycles.